The molecule has 2 N–H and O–H groups in total. The van der Waals surface area contributed by atoms with Crippen LogP contribution in [0.1, 0.15) is 62.0 Å². The van der Waals surface area contributed by atoms with Crippen molar-refractivity contribution in [1.82, 2.24) is 4.98 Å². The zero-order valence-corrected chi connectivity index (χ0v) is 13.1. The molecule has 0 aliphatic heterocycles. The van der Waals surface area contributed by atoms with E-state index in [9.17, 15) is 9.90 Å². The molecule has 116 valence electrons. The summed E-state index contributed by atoms with van der Waals surface area (Å²) >= 11 is 0. The molecule has 1 aromatic heterocycles. The number of nitrogens with zero attached hydrogens (tertiary/aromatic N) is 1. The van der Waals surface area contributed by atoms with Crippen LogP contribution in [-0.2, 0) is 6.42 Å². The van der Waals surface area contributed by atoms with Crippen molar-refractivity contribution in [3.05, 3.63) is 23.4 Å². The minimum Gasteiger partial charge on any atom is -0.478 e. The van der Waals surface area contributed by atoms with Crippen LogP contribution in [0.3, 0.4) is 0 Å². The number of hydrogen-bond acceptors (Lipinski definition) is 3. The van der Waals surface area contributed by atoms with E-state index in [1.165, 1.54) is 25.7 Å². The highest BCUT2D eigenvalue weighted by atomic mass is 16.4. The van der Waals surface area contributed by atoms with Crippen LogP contribution < -0.4 is 5.32 Å². The number of rotatable bonds is 6. The minimum absolute atomic E-state index is 0.327. The van der Waals surface area contributed by atoms with Crippen LogP contribution in [0.15, 0.2) is 12.1 Å². The maximum Gasteiger partial charge on any atom is 0.335 e. The van der Waals surface area contributed by atoms with E-state index in [1.807, 2.05) is 0 Å². The van der Waals surface area contributed by atoms with Gasteiger partial charge in [0.1, 0.15) is 5.82 Å². The lowest BCUT2D eigenvalue weighted by Crippen LogP contribution is -2.21. The van der Waals surface area contributed by atoms with Gasteiger partial charge in [0.05, 0.1) is 5.56 Å². The van der Waals surface area contributed by atoms with Gasteiger partial charge < -0.3 is 10.4 Å². The molecule has 0 bridgehead atoms. The number of aromatic nitrogens is 1. The summed E-state index contributed by atoms with van der Waals surface area (Å²) in [5.74, 6) is 1.30. The molecule has 21 heavy (non-hydrogen) atoms. The predicted octanol–water partition coefficient (Wildman–Crippen LogP) is 3.97. The predicted molar refractivity (Wildman–Crippen MR) is 84.8 cm³/mol. The molecule has 2 atom stereocenters. The van der Waals surface area contributed by atoms with E-state index in [0.29, 0.717) is 17.3 Å². The molecule has 0 amide bonds. The average Bonchev–Trinajstić information content (AvgIpc) is 2.45. The van der Waals surface area contributed by atoms with E-state index in [2.05, 4.69) is 24.1 Å². The Morgan fingerprint density at radius 2 is 2.24 bits per heavy atom. The van der Waals surface area contributed by atoms with Gasteiger partial charge in [-0.1, -0.05) is 33.1 Å². The summed E-state index contributed by atoms with van der Waals surface area (Å²) in [7, 11) is 0. The average molecular weight is 290 g/mol. The first-order valence-electron chi connectivity index (χ1n) is 8.06. The summed E-state index contributed by atoms with van der Waals surface area (Å²) in [5, 5.41) is 12.6. The van der Waals surface area contributed by atoms with Crippen molar-refractivity contribution < 1.29 is 9.90 Å². The third-order valence-electron chi connectivity index (χ3n) is 4.25. The van der Waals surface area contributed by atoms with Gasteiger partial charge in [-0.15, -0.1) is 0 Å². The second-order valence-electron chi connectivity index (χ2n) is 6.31. The monoisotopic (exact) mass is 290 g/mol. The number of carbonyl (C=O) groups is 1. The molecular weight excluding hydrogens is 264 g/mol. The standard InChI is InChI=1S/C17H26N2O2/c1-3-5-15-9-14(17(20)21)10-16(19-15)18-11-13-7-4-6-12(2)8-13/h9-10,12-13H,3-8,11H2,1-2H3,(H,18,19)(H,20,21). The van der Waals surface area contributed by atoms with Crippen LogP contribution in [0.5, 0.6) is 0 Å². The van der Waals surface area contributed by atoms with Crippen molar-refractivity contribution in [3.8, 4) is 0 Å². The Morgan fingerprint density at radius 1 is 1.43 bits per heavy atom. The summed E-state index contributed by atoms with van der Waals surface area (Å²) in [6.07, 6.45) is 6.94. The Balaban J connectivity index is 2.02. The van der Waals surface area contributed by atoms with Crippen LogP contribution in [0.2, 0.25) is 0 Å². The molecular formula is C17H26N2O2. The van der Waals surface area contributed by atoms with E-state index in [4.69, 9.17) is 0 Å². The van der Waals surface area contributed by atoms with E-state index >= 15 is 0 Å². The number of aryl methyl sites for hydroxylation is 1. The van der Waals surface area contributed by atoms with Gasteiger partial charge in [-0.05, 0) is 43.2 Å². The second-order valence-corrected chi connectivity index (χ2v) is 6.31. The summed E-state index contributed by atoms with van der Waals surface area (Å²) in [5.41, 5.74) is 1.19. The number of pyridine rings is 1. The second kappa shape index (κ2) is 7.43. The lowest BCUT2D eigenvalue weighted by atomic mass is 9.82. The normalized spacial score (nSPS) is 22.0. The molecule has 1 fully saturated rings. The van der Waals surface area contributed by atoms with Gasteiger partial charge in [-0.3, -0.25) is 0 Å². The Hall–Kier alpha value is -1.58. The largest absolute Gasteiger partial charge is 0.478 e. The maximum absolute atomic E-state index is 11.2. The van der Waals surface area contributed by atoms with E-state index < -0.39 is 5.97 Å². The highest BCUT2D eigenvalue weighted by Gasteiger charge is 2.19. The molecule has 2 rings (SSSR count). The SMILES string of the molecule is CCCc1cc(C(=O)O)cc(NCC2CCCC(C)C2)n1. The zero-order chi connectivity index (χ0) is 15.2. The number of anilines is 1. The molecule has 1 aliphatic carbocycles. The Labute approximate surface area is 127 Å². The van der Waals surface area contributed by atoms with E-state index in [0.717, 1.165) is 31.0 Å². The Morgan fingerprint density at radius 3 is 2.90 bits per heavy atom. The molecule has 0 radical (unpaired) electrons. The molecule has 1 aromatic rings. The van der Waals surface area contributed by atoms with Crippen molar-refractivity contribution in [3.63, 3.8) is 0 Å². The smallest absolute Gasteiger partial charge is 0.335 e. The fraction of sp³-hybridized carbons (Fsp3) is 0.647. The molecule has 0 saturated heterocycles. The fourth-order valence-electron chi connectivity index (χ4n) is 3.18. The van der Waals surface area contributed by atoms with Crippen molar-refractivity contribution in [2.75, 3.05) is 11.9 Å². The van der Waals surface area contributed by atoms with Gasteiger partial charge in [0.15, 0.2) is 0 Å². The lowest BCUT2D eigenvalue weighted by Gasteiger charge is -2.27. The van der Waals surface area contributed by atoms with Gasteiger partial charge in [-0.25, -0.2) is 9.78 Å². The molecule has 4 heteroatoms. The van der Waals surface area contributed by atoms with Gasteiger partial charge >= 0.3 is 5.97 Å². The quantitative estimate of drug-likeness (QED) is 0.832. The van der Waals surface area contributed by atoms with Gasteiger partial charge in [0.2, 0.25) is 0 Å². The summed E-state index contributed by atoms with van der Waals surface area (Å²) in [4.78, 5) is 15.7. The van der Waals surface area contributed by atoms with Crippen LogP contribution in [-0.4, -0.2) is 22.6 Å². The molecule has 1 heterocycles. The van der Waals surface area contributed by atoms with Gasteiger partial charge in [0, 0.05) is 12.2 Å². The molecule has 2 unspecified atom stereocenters. The summed E-state index contributed by atoms with van der Waals surface area (Å²) < 4.78 is 0. The molecule has 0 aromatic carbocycles. The molecule has 1 aliphatic rings. The van der Waals surface area contributed by atoms with Crippen molar-refractivity contribution in [2.45, 2.75) is 52.4 Å². The Kier molecular flexibility index (Phi) is 5.59. The molecule has 1 saturated carbocycles. The number of aromatic carboxylic acids is 1. The summed E-state index contributed by atoms with van der Waals surface area (Å²) in [6.45, 7) is 5.28. The van der Waals surface area contributed by atoms with Crippen molar-refractivity contribution in [1.29, 1.82) is 0 Å². The summed E-state index contributed by atoms with van der Waals surface area (Å²) in [6, 6.07) is 3.33. The van der Waals surface area contributed by atoms with Gasteiger partial charge in [-0.2, -0.15) is 0 Å². The number of hydrogen-bond donors (Lipinski definition) is 2. The van der Waals surface area contributed by atoms with Crippen LogP contribution in [0.4, 0.5) is 5.82 Å². The van der Waals surface area contributed by atoms with Crippen LogP contribution in [0.25, 0.3) is 0 Å². The Bertz CT molecular complexity index is 488. The van der Waals surface area contributed by atoms with Crippen LogP contribution >= 0.6 is 0 Å². The first-order valence-corrected chi connectivity index (χ1v) is 8.06. The third kappa shape index (κ3) is 4.73. The van der Waals surface area contributed by atoms with Gasteiger partial charge in [0.25, 0.3) is 0 Å². The third-order valence-corrected chi connectivity index (χ3v) is 4.25. The minimum atomic E-state index is -0.885. The van der Waals surface area contributed by atoms with E-state index in [1.54, 1.807) is 12.1 Å². The van der Waals surface area contributed by atoms with Crippen LogP contribution in [0, 0.1) is 11.8 Å². The van der Waals surface area contributed by atoms with Crippen molar-refractivity contribution >= 4 is 11.8 Å². The highest BCUT2D eigenvalue weighted by molar-refractivity contribution is 5.88. The lowest BCUT2D eigenvalue weighted by molar-refractivity contribution is 0.0696. The first kappa shape index (κ1) is 15.8. The fourth-order valence-corrected chi connectivity index (χ4v) is 3.18. The first-order chi connectivity index (χ1) is 10.1. The van der Waals surface area contributed by atoms with Crippen molar-refractivity contribution in [2.24, 2.45) is 11.8 Å². The maximum atomic E-state index is 11.2. The topological polar surface area (TPSA) is 62.2 Å². The zero-order valence-electron chi connectivity index (χ0n) is 13.1. The molecule has 0 spiro atoms. The number of carboxylic acids is 1. The van der Waals surface area contributed by atoms with E-state index in [-0.39, 0.29) is 0 Å². The highest BCUT2D eigenvalue weighted by Crippen LogP contribution is 2.28. The number of carboxylic acid groups (broad SMARTS) is 1. The number of nitrogens with one attached hydrogen (secondary N) is 1. The molecule has 4 nitrogen and oxygen atoms in total.